The number of carbonyl (C=O) groups is 1. The van der Waals surface area contributed by atoms with Crippen molar-refractivity contribution in [3.8, 4) is 0 Å². The maximum absolute atomic E-state index is 13.0. The summed E-state index contributed by atoms with van der Waals surface area (Å²) in [5.74, 6) is 0.760. The molecule has 0 spiro atoms. The minimum absolute atomic E-state index is 0.121. The second-order valence-electron chi connectivity index (χ2n) is 7.81. The Kier molecular flexibility index (Phi) is 4.42. The van der Waals surface area contributed by atoms with Crippen LogP contribution in [0.4, 0.5) is 17.3 Å². The van der Waals surface area contributed by atoms with Gasteiger partial charge in [-0.1, -0.05) is 0 Å². The van der Waals surface area contributed by atoms with E-state index >= 15 is 0 Å². The second kappa shape index (κ2) is 6.98. The van der Waals surface area contributed by atoms with E-state index in [4.69, 9.17) is 0 Å². The molecule has 29 heavy (non-hydrogen) atoms. The first-order valence-corrected chi connectivity index (χ1v) is 11.6. The summed E-state index contributed by atoms with van der Waals surface area (Å²) in [6.07, 6.45) is 8.21. The van der Waals surface area contributed by atoms with E-state index < -0.39 is 10.0 Å². The number of hydrogen-bond donors (Lipinski definition) is 1. The number of aryl methyl sites for hydroxylation is 1. The van der Waals surface area contributed by atoms with E-state index in [1.807, 2.05) is 0 Å². The molecule has 1 amide bonds. The predicted molar refractivity (Wildman–Crippen MR) is 110 cm³/mol. The molecule has 5 rings (SSSR count). The molecule has 4 heterocycles. The van der Waals surface area contributed by atoms with Crippen LogP contribution >= 0.6 is 0 Å². The van der Waals surface area contributed by atoms with Gasteiger partial charge in [0.05, 0.1) is 28.7 Å². The monoisotopic (exact) mass is 413 g/mol. The first-order chi connectivity index (χ1) is 14.0. The number of sulfonamides is 1. The van der Waals surface area contributed by atoms with E-state index in [0.717, 1.165) is 42.7 Å². The molecule has 3 aliphatic rings. The molecule has 1 N–H and O–H groups in total. The quantitative estimate of drug-likeness (QED) is 0.825. The third kappa shape index (κ3) is 3.33. The van der Waals surface area contributed by atoms with E-state index in [2.05, 4.69) is 19.6 Å². The molecule has 1 aromatic heterocycles. The van der Waals surface area contributed by atoms with E-state index in [-0.39, 0.29) is 10.8 Å². The number of anilines is 3. The van der Waals surface area contributed by atoms with Gasteiger partial charge in [-0.15, -0.1) is 0 Å². The van der Waals surface area contributed by atoms with Crippen LogP contribution in [-0.2, 0) is 27.7 Å². The average molecular weight is 414 g/mol. The molecule has 0 bridgehead atoms. The molecule has 3 aliphatic heterocycles. The molecule has 0 aliphatic carbocycles. The van der Waals surface area contributed by atoms with Crippen molar-refractivity contribution in [1.29, 1.82) is 0 Å². The lowest BCUT2D eigenvalue weighted by atomic mass is 10.00. The van der Waals surface area contributed by atoms with Gasteiger partial charge in [0.1, 0.15) is 0 Å². The average Bonchev–Trinajstić information content (AvgIpc) is 3.17. The molecular formula is C20H23N5O3S. The van der Waals surface area contributed by atoms with Gasteiger partial charge in [0.15, 0.2) is 0 Å². The zero-order chi connectivity index (χ0) is 20.0. The third-order valence-corrected chi connectivity index (χ3v) is 7.23. The first kappa shape index (κ1) is 18.4. The fraction of sp³-hybridized carbons (Fsp3) is 0.450. The van der Waals surface area contributed by atoms with E-state index in [1.54, 1.807) is 17.0 Å². The van der Waals surface area contributed by atoms with Crippen molar-refractivity contribution in [3.63, 3.8) is 0 Å². The Morgan fingerprint density at radius 2 is 1.59 bits per heavy atom. The van der Waals surface area contributed by atoms with Gasteiger partial charge in [-0.05, 0) is 55.4 Å². The summed E-state index contributed by atoms with van der Waals surface area (Å²) in [7, 11) is -3.76. The van der Waals surface area contributed by atoms with Crippen molar-refractivity contribution in [1.82, 2.24) is 9.97 Å². The van der Waals surface area contributed by atoms with Crippen LogP contribution in [0, 0.1) is 0 Å². The number of piperidine rings is 1. The van der Waals surface area contributed by atoms with Crippen molar-refractivity contribution < 1.29 is 13.2 Å². The molecule has 1 fully saturated rings. The van der Waals surface area contributed by atoms with E-state index in [1.165, 1.54) is 18.8 Å². The van der Waals surface area contributed by atoms with Crippen LogP contribution in [0.2, 0.25) is 0 Å². The summed E-state index contributed by atoms with van der Waals surface area (Å²) in [4.78, 5) is 24.9. The Balaban J connectivity index is 1.39. The number of carbonyl (C=O) groups excluding carboxylic acids is 1. The number of nitrogens with one attached hydrogen (secondary N) is 1. The molecule has 0 saturated carbocycles. The van der Waals surface area contributed by atoms with Gasteiger partial charge < -0.3 is 9.80 Å². The lowest BCUT2D eigenvalue weighted by molar-refractivity contribution is -0.118. The maximum Gasteiger partial charge on any atom is 0.262 e. The topological polar surface area (TPSA) is 95.5 Å². The largest absolute Gasteiger partial charge is 0.341 e. The fourth-order valence-electron chi connectivity index (χ4n) is 4.43. The normalized spacial score (nSPS) is 18.7. The summed E-state index contributed by atoms with van der Waals surface area (Å²) in [5.41, 5.74) is 3.11. The summed E-state index contributed by atoms with van der Waals surface area (Å²) < 4.78 is 28.5. The lowest BCUT2D eigenvalue weighted by Crippen LogP contribution is -2.33. The van der Waals surface area contributed by atoms with E-state index in [0.29, 0.717) is 37.4 Å². The van der Waals surface area contributed by atoms with Crippen LogP contribution in [0.15, 0.2) is 29.4 Å². The Morgan fingerprint density at radius 3 is 2.31 bits per heavy atom. The number of rotatable bonds is 4. The Bertz CT molecular complexity index is 1060. The van der Waals surface area contributed by atoms with Gasteiger partial charge >= 0.3 is 0 Å². The number of benzene rings is 1. The fourth-order valence-corrected chi connectivity index (χ4v) is 5.55. The van der Waals surface area contributed by atoms with Crippen LogP contribution in [0.25, 0.3) is 0 Å². The summed E-state index contributed by atoms with van der Waals surface area (Å²) in [6, 6.07) is 3.37. The molecule has 0 atom stereocenters. The van der Waals surface area contributed by atoms with Crippen molar-refractivity contribution in [3.05, 3.63) is 35.7 Å². The standard InChI is InChI=1S/C20H23N5O3S/c26-18-5-4-14-10-17(11-15-6-9-25(18)19(14)15)29(27,28)23-16-12-21-20(22-13-16)24-7-2-1-3-8-24/h10-13,23H,1-9H2. The molecule has 152 valence electrons. The number of hydrogen-bond acceptors (Lipinski definition) is 6. The van der Waals surface area contributed by atoms with Gasteiger partial charge in [-0.2, -0.15) is 0 Å². The number of aromatic nitrogens is 2. The highest BCUT2D eigenvalue weighted by atomic mass is 32.2. The van der Waals surface area contributed by atoms with Crippen molar-refractivity contribution in [2.45, 2.75) is 43.4 Å². The molecule has 9 heteroatoms. The Hall–Kier alpha value is -2.68. The third-order valence-electron chi connectivity index (χ3n) is 5.86. The zero-order valence-corrected chi connectivity index (χ0v) is 16.9. The first-order valence-electron chi connectivity index (χ1n) is 10.1. The van der Waals surface area contributed by atoms with Crippen molar-refractivity contribution in [2.24, 2.45) is 0 Å². The molecule has 1 saturated heterocycles. The van der Waals surface area contributed by atoms with Crippen molar-refractivity contribution in [2.75, 3.05) is 34.2 Å². The smallest absolute Gasteiger partial charge is 0.262 e. The minimum atomic E-state index is -3.76. The van der Waals surface area contributed by atoms with Crippen LogP contribution in [0.3, 0.4) is 0 Å². The van der Waals surface area contributed by atoms with E-state index in [9.17, 15) is 13.2 Å². The predicted octanol–water partition coefficient (Wildman–Crippen LogP) is 2.10. The van der Waals surface area contributed by atoms with Gasteiger partial charge in [-0.3, -0.25) is 9.52 Å². The van der Waals surface area contributed by atoms with Crippen LogP contribution in [0.5, 0.6) is 0 Å². The zero-order valence-electron chi connectivity index (χ0n) is 16.1. The number of nitrogens with zero attached hydrogens (tertiary/aromatic N) is 4. The highest BCUT2D eigenvalue weighted by Crippen LogP contribution is 2.38. The summed E-state index contributed by atoms with van der Waals surface area (Å²) in [5, 5.41) is 0. The minimum Gasteiger partial charge on any atom is -0.341 e. The van der Waals surface area contributed by atoms with Crippen molar-refractivity contribution >= 4 is 33.3 Å². The SMILES string of the molecule is O=C1CCc2cc(S(=O)(=O)Nc3cnc(N4CCCCC4)nc3)cc3c2N1CC3. The second-order valence-corrected chi connectivity index (χ2v) is 9.49. The summed E-state index contributed by atoms with van der Waals surface area (Å²) in [6.45, 7) is 2.49. The Morgan fingerprint density at radius 1 is 0.897 bits per heavy atom. The maximum atomic E-state index is 13.0. The lowest BCUT2D eigenvalue weighted by Gasteiger charge is -2.26. The van der Waals surface area contributed by atoms with Gasteiger partial charge in [-0.25, -0.2) is 18.4 Å². The molecule has 0 unspecified atom stereocenters. The molecule has 1 aromatic carbocycles. The highest BCUT2D eigenvalue weighted by molar-refractivity contribution is 7.92. The number of amides is 1. The molecular weight excluding hydrogens is 390 g/mol. The van der Waals surface area contributed by atoms with Gasteiger partial charge in [0.25, 0.3) is 10.0 Å². The highest BCUT2D eigenvalue weighted by Gasteiger charge is 2.33. The van der Waals surface area contributed by atoms with Crippen LogP contribution < -0.4 is 14.5 Å². The Labute approximate surface area is 170 Å². The van der Waals surface area contributed by atoms with Crippen LogP contribution in [0.1, 0.15) is 36.8 Å². The van der Waals surface area contributed by atoms with Gasteiger partial charge in [0.2, 0.25) is 11.9 Å². The van der Waals surface area contributed by atoms with Crippen LogP contribution in [-0.4, -0.2) is 43.9 Å². The molecule has 2 aromatic rings. The summed E-state index contributed by atoms with van der Waals surface area (Å²) >= 11 is 0. The molecule has 0 radical (unpaired) electrons. The molecule has 8 nitrogen and oxygen atoms in total. The van der Waals surface area contributed by atoms with Gasteiger partial charge in [0, 0.05) is 26.1 Å².